The summed E-state index contributed by atoms with van der Waals surface area (Å²) in [5, 5.41) is 14.5. The van der Waals surface area contributed by atoms with E-state index in [9.17, 15) is 10.1 Å². The van der Waals surface area contributed by atoms with Crippen LogP contribution in [0.15, 0.2) is 30.5 Å². The highest BCUT2D eigenvalue weighted by atomic mass is 35.5. The van der Waals surface area contributed by atoms with Crippen LogP contribution in [0.3, 0.4) is 0 Å². The molecule has 11 heteroatoms. The van der Waals surface area contributed by atoms with Gasteiger partial charge in [-0.2, -0.15) is 5.26 Å². The fourth-order valence-corrected chi connectivity index (χ4v) is 6.14. The van der Waals surface area contributed by atoms with Crippen LogP contribution >= 0.6 is 23.2 Å². The minimum atomic E-state index is 0.180. The average Bonchev–Trinajstić information content (AvgIpc) is 2.95. The molecule has 0 radical (unpaired) electrons. The van der Waals surface area contributed by atoms with Gasteiger partial charge < -0.3 is 29.3 Å². The highest BCUT2D eigenvalue weighted by molar-refractivity contribution is 6.37. The van der Waals surface area contributed by atoms with Crippen molar-refractivity contribution in [2.75, 3.05) is 58.9 Å². The van der Waals surface area contributed by atoms with Gasteiger partial charge in [-0.25, -0.2) is 0 Å². The lowest BCUT2D eigenvalue weighted by atomic mass is 9.72. The number of carbonyl (C=O) groups is 1. The Labute approximate surface area is 249 Å². The molecular weight excluding hydrogens is 565 g/mol. The van der Waals surface area contributed by atoms with Crippen LogP contribution in [0.2, 0.25) is 10.0 Å². The maximum Gasteiger partial charge on any atom is 0.219 e. The van der Waals surface area contributed by atoms with Gasteiger partial charge in [0, 0.05) is 55.7 Å². The number of likely N-dealkylation sites (tertiary alicyclic amines) is 2. The van der Waals surface area contributed by atoms with Crippen molar-refractivity contribution in [1.29, 1.82) is 5.26 Å². The number of ether oxygens (including phenoxy) is 3. The number of aromatic nitrogens is 1. The summed E-state index contributed by atoms with van der Waals surface area (Å²) in [7, 11) is 3.11. The van der Waals surface area contributed by atoms with Gasteiger partial charge >= 0.3 is 0 Å². The van der Waals surface area contributed by atoms with E-state index >= 15 is 0 Å². The Bertz CT molecular complexity index is 1490. The number of hydrogen-bond acceptors (Lipinski definition) is 8. The predicted octanol–water partition coefficient (Wildman–Crippen LogP) is 5.89. The summed E-state index contributed by atoms with van der Waals surface area (Å²) in [4.78, 5) is 20.5. The maximum absolute atomic E-state index is 11.5. The van der Waals surface area contributed by atoms with E-state index in [1.54, 1.807) is 26.2 Å². The third-order valence-corrected chi connectivity index (χ3v) is 8.67. The largest absolute Gasteiger partial charge is 0.495 e. The number of methoxy groups -OCH3 is 2. The summed E-state index contributed by atoms with van der Waals surface area (Å²) in [6.07, 6.45) is 4.66. The van der Waals surface area contributed by atoms with Crippen LogP contribution in [0.4, 0.5) is 11.4 Å². The predicted molar refractivity (Wildman–Crippen MR) is 160 cm³/mol. The summed E-state index contributed by atoms with van der Waals surface area (Å²) < 4.78 is 17.1. The summed E-state index contributed by atoms with van der Waals surface area (Å²) in [5.74, 6) is 1.76. The topological polar surface area (TPSA) is 100.0 Å². The number of hydrogen-bond donors (Lipinski definition) is 1. The second-order valence-corrected chi connectivity index (χ2v) is 11.5. The van der Waals surface area contributed by atoms with E-state index in [0.29, 0.717) is 67.2 Å². The fraction of sp³-hybridized carbons (Fsp3) is 0.433. The zero-order chi connectivity index (χ0) is 29.1. The van der Waals surface area contributed by atoms with Crippen molar-refractivity contribution < 1.29 is 19.0 Å². The Morgan fingerprint density at radius 2 is 1.80 bits per heavy atom. The fourth-order valence-electron chi connectivity index (χ4n) is 5.63. The van der Waals surface area contributed by atoms with Crippen molar-refractivity contribution in [3.8, 4) is 23.3 Å². The number of halogens is 2. The number of anilines is 2. The Morgan fingerprint density at radius 3 is 2.46 bits per heavy atom. The first-order valence-electron chi connectivity index (χ1n) is 13.6. The zero-order valence-electron chi connectivity index (χ0n) is 23.4. The van der Waals surface area contributed by atoms with Crippen LogP contribution in [0, 0.1) is 16.7 Å². The van der Waals surface area contributed by atoms with Gasteiger partial charge in [-0.05, 0) is 44.5 Å². The minimum absolute atomic E-state index is 0.180. The lowest BCUT2D eigenvalue weighted by molar-refractivity contribution is -0.144. The first-order valence-corrected chi connectivity index (χ1v) is 14.3. The van der Waals surface area contributed by atoms with Crippen molar-refractivity contribution in [2.45, 2.75) is 26.2 Å². The monoisotopic (exact) mass is 597 g/mol. The van der Waals surface area contributed by atoms with Gasteiger partial charge in [-0.3, -0.25) is 9.78 Å². The summed E-state index contributed by atoms with van der Waals surface area (Å²) in [6, 6.07) is 9.10. The van der Waals surface area contributed by atoms with E-state index in [0.717, 1.165) is 52.0 Å². The van der Waals surface area contributed by atoms with E-state index in [1.807, 2.05) is 17.0 Å². The number of benzene rings is 2. The van der Waals surface area contributed by atoms with Crippen LogP contribution in [0.1, 0.15) is 31.7 Å². The number of amides is 1. The van der Waals surface area contributed by atoms with Gasteiger partial charge in [0.05, 0.1) is 53.3 Å². The molecule has 0 saturated carbocycles. The second kappa shape index (κ2) is 12.2. The molecule has 1 spiro atoms. The molecule has 2 saturated heterocycles. The minimum Gasteiger partial charge on any atom is -0.495 e. The third kappa shape index (κ3) is 6.10. The molecule has 216 valence electrons. The van der Waals surface area contributed by atoms with Gasteiger partial charge in [0.1, 0.15) is 11.8 Å². The molecule has 41 heavy (non-hydrogen) atoms. The molecular formula is C30H33Cl2N5O4. The number of carbonyl (C=O) groups excluding carboxylic acids is 1. The number of nitrogens with zero attached hydrogens (tertiary/aromatic N) is 4. The smallest absolute Gasteiger partial charge is 0.219 e. The third-order valence-electron chi connectivity index (χ3n) is 8.07. The molecule has 2 aliphatic heterocycles. The Morgan fingerprint density at radius 1 is 1.07 bits per heavy atom. The van der Waals surface area contributed by atoms with Crippen LogP contribution < -0.4 is 19.5 Å². The summed E-state index contributed by atoms with van der Waals surface area (Å²) in [5.41, 5.74) is 2.38. The number of piperidine rings is 1. The first-order chi connectivity index (χ1) is 19.8. The molecule has 5 rings (SSSR count). The second-order valence-electron chi connectivity index (χ2n) is 10.7. The molecule has 1 amide bonds. The van der Waals surface area contributed by atoms with E-state index in [4.69, 9.17) is 37.4 Å². The van der Waals surface area contributed by atoms with E-state index in [-0.39, 0.29) is 5.91 Å². The molecule has 9 nitrogen and oxygen atoms in total. The number of nitrogens with one attached hydrogen (secondary N) is 1. The highest BCUT2D eigenvalue weighted by Crippen LogP contribution is 2.42. The average molecular weight is 599 g/mol. The SMILES string of the molecule is COc1cc(Nc2c(C#N)cnc3cc(OCCCN4CCC5(CC4)CN(C(C)=O)C5)c(OC)cc23)c(Cl)cc1Cl. The standard InChI is InChI=1S/C30H33Cl2N5O4/c1-19(38)37-17-30(18-37)5-8-36(9-6-30)7-4-10-41-28-13-24-21(11-27(28)40-3)29(20(15-33)16-34-24)35-25-14-26(39-2)23(32)12-22(25)31/h11-14,16H,4-10,17-18H2,1-3H3,(H,34,35). The lowest BCUT2D eigenvalue weighted by Crippen LogP contribution is -2.61. The Kier molecular flexibility index (Phi) is 8.64. The number of rotatable bonds is 9. The summed E-state index contributed by atoms with van der Waals surface area (Å²) in [6.45, 7) is 7.04. The quantitative estimate of drug-likeness (QED) is 0.305. The normalized spacial score (nSPS) is 16.2. The summed E-state index contributed by atoms with van der Waals surface area (Å²) >= 11 is 12.6. The van der Waals surface area contributed by atoms with E-state index in [2.05, 4.69) is 21.3 Å². The van der Waals surface area contributed by atoms with Crippen LogP contribution in [-0.4, -0.2) is 74.2 Å². The molecule has 1 aromatic heterocycles. The number of pyridine rings is 1. The van der Waals surface area contributed by atoms with Crippen molar-refractivity contribution in [1.82, 2.24) is 14.8 Å². The maximum atomic E-state index is 11.5. The molecule has 2 fully saturated rings. The van der Waals surface area contributed by atoms with Crippen molar-refractivity contribution >= 4 is 51.4 Å². The molecule has 3 heterocycles. The highest BCUT2D eigenvalue weighted by Gasteiger charge is 2.45. The van der Waals surface area contributed by atoms with Crippen LogP contribution in [0.5, 0.6) is 17.2 Å². The zero-order valence-corrected chi connectivity index (χ0v) is 24.9. The lowest BCUT2D eigenvalue weighted by Gasteiger charge is -2.53. The molecule has 0 atom stereocenters. The molecule has 2 aliphatic rings. The first kappa shape index (κ1) is 29.1. The molecule has 0 unspecified atom stereocenters. The Balaban J connectivity index is 1.25. The van der Waals surface area contributed by atoms with Crippen molar-refractivity contribution in [3.05, 3.63) is 46.1 Å². The van der Waals surface area contributed by atoms with E-state index < -0.39 is 0 Å². The number of nitriles is 1. The molecule has 3 aromatic rings. The van der Waals surface area contributed by atoms with Gasteiger partial charge in [-0.1, -0.05) is 23.2 Å². The van der Waals surface area contributed by atoms with Crippen molar-refractivity contribution in [3.63, 3.8) is 0 Å². The molecule has 0 aliphatic carbocycles. The van der Waals surface area contributed by atoms with Crippen molar-refractivity contribution in [2.24, 2.45) is 5.41 Å². The van der Waals surface area contributed by atoms with Crippen LogP contribution in [-0.2, 0) is 4.79 Å². The van der Waals surface area contributed by atoms with Gasteiger partial charge in [0.2, 0.25) is 5.91 Å². The van der Waals surface area contributed by atoms with Gasteiger partial charge in [0.25, 0.3) is 0 Å². The molecule has 2 aromatic carbocycles. The van der Waals surface area contributed by atoms with E-state index in [1.165, 1.54) is 13.3 Å². The Hall–Kier alpha value is -3.45. The van der Waals surface area contributed by atoms with Gasteiger partial charge in [-0.15, -0.1) is 0 Å². The molecule has 0 bridgehead atoms. The molecule has 1 N–H and O–H groups in total. The van der Waals surface area contributed by atoms with Gasteiger partial charge in [0.15, 0.2) is 11.5 Å². The van der Waals surface area contributed by atoms with Crippen LogP contribution in [0.25, 0.3) is 10.9 Å². The number of fused-ring (bicyclic) bond motifs is 1.